The zero-order valence-corrected chi connectivity index (χ0v) is 18.3. The minimum atomic E-state index is -0.592. The molecule has 0 spiro atoms. The van der Waals surface area contributed by atoms with Crippen molar-refractivity contribution in [2.24, 2.45) is 0 Å². The fourth-order valence-electron chi connectivity index (χ4n) is 5.14. The molecular weight excluding hydrogens is 408 g/mol. The van der Waals surface area contributed by atoms with Gasteiger partial charge in [0.05, 0.1) is 11.3 Å². The Labute approximate surface area is 185 Å². The molecule has 0 aliphatic carbocycles. The molecule has 1 unspecified atom stereocenters. The molecule has 1 N–H and O–H groups in total. The van der Waals surface area contributed by atoms with Gasteiger partial charge in [-0.05, 0) is 57.8 Å². The van der Waals surface area contributed by atoms with Gasteiger partial charge < -0.3 is 14.2 Å². The van der Waals surface area contributed by atoms with Crippen LogP contribution in [0.15, 0.2) is 44.3 Å². The number of rotatable bonds is 4. The van der Waals surface area contributed by atoms with E-state index >= 15 is 0 Å². The Hall–Kier alpha value is -3.13. The predicted octanol–water partition coefficient (Wildman–Crippen LogP) is 2.67. The van der Waals surface area contributed by atoms with Crippen LogP contribution in [0.4, 0.5) is 0 Å². The van der Waals surface area contributed by atoms with Gasteiger partial charge >= 0.3 is 5.69 Å². The molecule has 0 bridgehead atoms. The number of fused-ring (bicyclic) bond motifs is 1. The normalized spacial score (nSPS) is 19.7. The molecule has 168 valence electrons. The number of carbonyl (C=O) groups is 1. The number of hydrogen-bond donors (Lipinski definition) is 1. The summed E-state index contributed by atoms with van der Waals surface area (Å²) in [6.07, 6.45) is 5.60. The SMILES string of the molecule is Cc1oc2[nH]c(=O)n(-c3ccccc3)c(=O)c2c1C(=O)N1CCCC1CN1CCCCC1. The second-order valence-corrected chi connectivity index (χ2v) is 8.80. The number of likely N-dealkylation sites (tertiary alicyclic amines) is 2. The van der Waals surface area contributed by atoms with Crippen LogP contribution in [-0.2, 0) is 0 Å². The summed E-state index contributed by atoms with van der Waals surface area (Å²) >= 11 is 0. The first-order valence-electron chi connectivity index (χ1n) is 11.4. The molecule has 2 aliphatic heterocycles. The van der Waals surface area contributed by atoms with Gasteiger partial charge in [0.2, 0.25) is 5.71 Å². The van der Waals surface area contributed by atoms with Gasteiger partial charge in [0.15, 0.2) is 0 Å². The van der Waals surface area contributed by atoms with Crippen molar-refractivity contribution in [1.29, 1.82) is 0 Å². The van der Waals surface area contributed by atoms with Gasteiger partial charge in [-0.3, -0.25) is 14.6 Å². The summed E-state index contributed by atoms with van der Waals surface area (Å²) < 4.78 is 6.75. The van der Waals surface area contributed by atoms with E-state index < -0.39 is 11.2 Å². The Morgan fingerprint density at radius 2 is 1.81 bits per heavy atom. The first-order valence-corrected chi connectivity index (χ1v) is 11.4. The highest BCUT2D eigenvalue weighted by atomic mass is 16.3. The highest BCUT2D eigenvalue weighted by Crippen LogP contribution is 2.27. The van der Waals surface area contributed by atoms with Gasteiger partial charge in [-0.2, -0.15) is 0 Å². The molecule has 8 heteroatoms. The van der Waals surface area contributed by atoms with Crippen molar-refractivity contribution >= 4 is 17.0 Å². The number of benzene rings is 1. The highest BCUT2D eigenvalue weighted by Gasteiger charge is 2.34. The zero-order chi connectivity index (χ0) is 22.2. The number of H-pyrrole nitrogens is 1. The van der Waals surface area contributed by atoms with Crippen LogP contribution in [0.3, 0.4) is 0 Å². The lowest BCUT2D eigenvalue weighted by Gasteiger charge is -2.33. The Morgan fingerprint density at radius 3 is 2.56 bits per heavy atom. The number of amides is 1. The standard InChI is InChI=1S/C24H28N4O4/c1-16-19(22(29)27-14-8-11-18(27)15-26-12-6-3-7-13-26)20-21(32-16)25-24(31)28(23(20)30)17-9-4-2-5-10-17/h2,4-5,9-10,18H,3,6-8,11-15H2,1H3,(H,25,31). The average molecular weight is 437 g/mol. The molecule has 0 saturated carbocycles. The zero-order valence-electron chi connectivity index (χ0n) is 18.3. The number of nitrogens with one attached hydrogen (secondary N) is 1. The number of para-hydroxylation sites is 1. The molecule has 8 nitrogen and oxygen atoms in total. The quantitative estimate of drug-likeness (QED) is 0.679. The van der Waals surface area contributed by atoms with E-state index in [9.17, 15) is 14.4 Å². The molecule has 4 heterocycles. The van der Waals surface area contributed by atoms with Crippen molar-refractivity contribution in [3.8, 4) is 5.69 Å². The van der Waals surface area contributed by atoms with Crippen LogP contribution in [0.25, 0.3) is 16.8 Å². The molecule has 3 aromatic rings. The van der Waals surface area contributed by atoms with Crippen molar-refractivity contribution in [2.75, 3.05) is 26.2 Å². The van der Waals surface area contributed by atoms with Crippen LogP contribution in [0.1, 0.15) is 48.2 Å². The third kappa shape index (κ3) is 3.58. The number of carbonyl (C=O) groups excluding carboxylic acids is 1. The Morgan fingerprint density at radius 1 is 1.06 bits per heavy atom. The van der Waals surface area contributed by atoms with Crippen molar-refractivity contribution in [1.82, 2.24) is 19.4 Å². The molecule has 1 atom stereocenters. The van der Waals surface area contributed by atoms with E-state index in [1.807, 2.05) is 11.0 Å². The first-order chi connectivity index (χ1) is 15.5. The summed E-state index contributed by atoms with van der Waals surface area (Å²) in [4.78, 5) is 46.7. The smallest absolute Gasteiger partial charge is 0.335 e. The molecule has 1 aromatic carbocycles. The molecule has 2 saturated heterocycles. The van der Waals surface area contributed by atoms with E-state index in [1.54, 1.807) is 31.2 Å². The number of aromatic nitrogens is 2. The van der Waals surface area contributed by atoms with Gasteiger partial charge in [0.1, 0.15) is 11.1 Å². The number of nitrogens with zero attached hydrogens (tertiary/aromatic N) is 3. The third-order valence-electron chi connectivity index (χ3n) is 6.71. The molecule has 0 radical (unpaired) electrons. The number of hydrogen-bond acceptors (Lipinski definition) is 5. The summed E-state index contributed by atoms with van der Waals surface area (Å²) in [6, 6.07) is 8.83. The summed E-state index contributed by atoms with van der Waals surface area (Å²) in [5, 5.41) is 0.138. The molecule has 2 aliphatic rings. The predicted molar refractivity (Wildman–Crippen MR) is 122 cm³/mol. The van der Waals surface area contributed by atoms with E-state index in [-0.39, 0.29) is 28.6 Å². The first kappa shape index (κ1) is 20.8. The van der Waals surface area contributed by atoms with Gasteiger partial charge in [0, 0.05) is 19.1 Å². The second-order valence-electron chi connectivity index (χ2n) is 8.80. The Balaban J connectivity index is 1.55. The molecule has 1 amide bonds. The van der Waals surface area contributed by atoms with Gasteiger partial charge in [-0.25, -0.2) is 9.36 Å². The molecule has 2 fully saturated rings. The fraction of sp³-hybridized carbons (Fsp3) is 0.458. The maximum Gasteiger partial charge on any atom is 0.335 e. The lowest BCUT2D eigenvalue weighted by molar-refractivity contribution is 0.0690. The highest BCUT2D eigenvalue weighted by molar-refractivity contribution is 6.06. The number of furan rings is 1. The number of aromatic amines is 1. The van der Waals surface area contributed by atoms with Crippen molar-refractivity contribution < 1.29 is 9.21 Å². The van der Waals surface area contributed by atoms with E-state index in [2.05, 4.69) is 9.88 Å². The van der Waals surface area contributed by atoms with Crippen LogP contribution >= 0.6 is 0 Å². The fourth-order valence-corrected chi connectivity index (χ4v) is 5.14. The summed E-state index contributed by atoms with van der Waals surface area (Å²) in [6.45, 7) is 5.36. The lowest BCUT2D eigenvalue weighted by atomic mass is 10.1. The van der Waals surface area contributed by atoms with E-state index in [0.29, 0.717) is 18.0 Å². The maximum absolute atomic E-state index is 13.7. The maximum atomic E-state index is 13.7. The minimum absolute atomic E-state index is 0.0554. The van der Waals surface area contributed by atoms with Gasteiger partial charge in [0.25, 0.3) is 11.5 Å². The number of aryl methyl sites for hydroxylation is 1. The van der Waals surface area contributed by atoms with Crippen molar-refractivity contribution in [3.63, 3.8) is 0 Å². The van der Waals surface area contributed by atoms with Gasteiger partial charge in [-0.15, -0.1) is 0 Å². The van der Waals surface area contributed by atoms with Crippen LogP contribution in [0, 0.1) is 6.92 Å². The van der Waals surface area contributed by atoms with Gasteiger partial charge in [-0.1, -0.05) is 24.6 Å². The number of piperidine rings is 1. The molecular formula is C24H28N4O4. The summed E-state index contributed by atoms with van der Waals surface area (Å²) in [5.74, 6) is 0.164. The van der Waals surface area contributed by atoms with Crippen LogP contribution in [0.5, 0.6) is 0 Å². The monoisotopic (exact) mass is 436 g/mol. The summed E-state index contributed by atoms with van der Waals surface area (Å²) in [7, 11) is 0. The molecule has 5 rings (SSSR count). The van der Waals surface area contributed by atoms with Crippen molar-refractivity contribution in [2.45, 2.75) is 45.1 Å². The van der Waals surface area contributed by atoms with E-state index in [4.69, 9.17) is 4.42 Å². The lowest BCUT2D eigenvalue weighted by Crippen LogP contribution is -2.45. The molecule has 2 aromatic heterocycles. The topological polar surface area (TPSA) is 91.5 Å². The van der Waals surface area contributed by atoms with Crippen LogP contribution in [0.2, 0.25) is 0 Å². The average Bonchev–Trinajstić information content (AvgIpc) is 3.38. The van der Waals surface area contributed by atoms with E-state index in [1.165, 1.54) is 19.3 Å². The minimum Gasteiger partial charge on any atom is -0.444 e. The summed E-state index contributed by atoms with van der Waals surface area (Å²) in [5.41, 5.74) is -0.370. The largest absolute Gasteiger partial charge is 0.444 e. The Kier molecular flexibility index (Phi) is 5.46. The van der Waals surface area contributed by atoms with Crippen LogP contribution in [-0.4, -0.2) is 57.5 Å². The Bertz CT molecular complexity index is 1250. The van der Waals surface area contributed by atoms with Crippen molar-refractivity contribution in [3.05, 3.63) is 62.5 Å². The van der Waals surface area contributed by atoms with E-state index in [0.717, 1.165) is 37.0 Å². The third-order valence-corrected chi connectivity index (χ3v) is 6.71. The second kappa shape index (κ2) is 8.43. The van der Waals surface area contributed by atoms with Crippen LogP contribution < -0.4 is 11.2 Å². The molecule has 32 heavy (non-hydrogen) atoms.